The van der Waals surface area contributed by atoms with E-state index < -0.39 is 22.8 Å². The number of aromatic nitrogens is 2. The molecule has 0 unspecified atom stereocenters. The summed E-state index contributed by atoms with van der Waals surface area (Å²) in [6.45, 7) is 0. The number of hydrogen-bond acceptors (Lipinski definition) is 6. The van der Waals surface area contributed by atoms with E-state index in [-0.39, 0.29) is 35.1 Å². The van der Waals surface area contributed by atoms with E-state index in [0.717, 1.165) is 18.4 Å². The molecule has 2 heterocycles. The van der Waals surface area contributed by atoms with Gasteiger partial charge in [0.15, 0.2) is 0 Å². The molecule has 0 atom stereocenters. The first-order chi connectivity index (χ1) is 7.15. The van der Waals surface area contributed by atoms with Gasteiger partial charge in [-0.3, -0.25) is 4.79 Å². The van der Waals surface area contributed by atoms with Gasteiger partial charge >= 0.3 is 35.5 Å². The van der Waals surface area contributed by atoms with Crippen LogP contribution in [-0.4, -0.2) is 23.0 Å². The number of carbonyl (C=O) groups is 1. The fourth-order valence-electron chi connectivity index (χ4n) is 1.17. The van der Waals surface area contributed by atoms with Crippen LogP contribution >= 0.6 is 11.3 Å². The second-order valence-electron chi connectivity index (χ2n) is 2.68. The first-order valence-corrected chi connectivity index (χ1v) is 4.78. The van der Waals surface area contributed by atoms with Crippen molar-refractivity contribution in [2.24, 2.45) is 0 Å². The second-order valence-corrected chi connectivity index (χ2v) is 3.53. The van der Waals surface area contributed by atoms with Gasteiger partial charge in [-0.2, -0.15) is 0 Å². The molecule has 0 bridgehead atoms. The van der Waals surface area contributed by atoms with Crippen LogP contribution in [0.5, 0.6) is 5.75 Å². The molecule has 0 spiro atoms. The Labute approximate surface area is 116 Å². The Morgan fingerprint density at radius 2 is 2.31 bits per heavy atom. The van der Waals surface area contributed by atoms with Crippen LogP contribution in [0.1, 0.15) is 10.4 Å². The smallest absolute Gasteiger partial charge is 0.870 e. The molecule has 8 heteroatoms. The van der Waals surface area contributed by atoms with Crippen molar-refractivity contribution in [3.8, 4) is 5.75 Å². The minimum absolute atomic E-state index is 0. The van der Waals surface area contributed by atoms with Gasteiger partial charge in [0.25, 0.3) is 5.56 Å². The average molecular weight is 248 g/mol. The molecule has 0 aliphatic rings. The second kappa shape index (κ2) is 4.96. The summed E-state index contributed by atoms with van der Waals surface area (Å²) < 4.78 is 4.34. The zero-order valence-corrected chi connectivity index (χ0v) is 11.4. The number of aromatic amines is 1. The molecule has 2 rings (SSSR count). The van der Waals surface area contributed by atoms with Crippen LogP contribution in [0.15, 0.2) is 10.3 Å². The summed E-state index contributed by atoms with van der Waals surface area (Å²) in [5.74, 6) is -1.64. The van der Waals surface area contributed by atoms with Gasteiger partial charge < -0.3 is 14.8 Å². The van der Waals surface area contributed by atoms with E-state index >= 15 is 0 Å². The fraction of sp³-hybridized carbons (Fsp3) is 0.125. The number of methoxy groups -OCH3 is 1. The van der Waals surface area contributed by atoms with Crippen LogP contribution in [-0.2, 0) is 4.74 Å². The molecule has 0 fully saturated rings. The topological polar surface area (TPSA) is 95.1 Å². The molecular formula is C8H5N2NaO4S. The van der Waals surface area contributed by atoms with Gasteiger partial charge in [-0.1, -0.05) is 5.75 Å². The number of esters is 1. The summed E-state index contributed by atoms with van der Waals surface area (Å²) in [4.78, 5) is 29.0. The van der Waals surface area contributed by atoms with Crippen molar-refractivity contribution in [1.82, 2.24) is 9.97 Å². The van der Waals surface area contributed by atoms with E-state index in [1.165, 1.54) is 5.51 Å². The van der Waals surface area contributed by atoms with Gasteiger partial charge in [-0.15, -0.1) is 11.3 Å². The van der Waals surface area contributed by atoms with E-state index in [0.29, 0.717) is 4.83 Å². The predicted molar refractivity (Wildman–Crippen MR) is 51.0 cm³/mol. The summed E-state index contributed by atoms with van der Waals surface area (Å²) in [5.41, 5.74) is 0.225. The van der Waals surface area contributed by atoms with E-state index in [2.05, 4.69) is 14.7 Å². The molecule has 0 radical (unpaired) electrons. The number of carbonyl (C=O) groups excluding carboxylic acids is 1. The summed E-state index contributed by atoms with van der Waals surface area (Å²) >= 11 is 1.12. The van der Waals surface area contributed by atoms with Crippen LogP contribution in [0.2, 0.25) is 0 Å². The van der Waals surface area contributed by atoms with E-state index in [1.54, 1.807) is 0 Å². The van der Waals surface area contributed by atoms with Gasteiger partial charge in [0.2, 0.25) is 0 Å². The standard InChI is InChI=1S/C8H6N2O4S.Na/c1-14-8(13)3-5(11)4-7(10-6(3)12)15-2-9-4;/h2H,1H3,(H2,10,11,12);/q;+1/p-1. The average Bonchev–Trinajstić information content (AvgIpc) is 2.65. The predicted octanol–water partition coefficient (Wildman–Crippen LogP) is -3.15. The maximum absolute atomic E-state index is 11.6. The summed E-state index contributed by atoms with van der Waals surface area (Å²) in [7, 11) is 1.10. The van der Waals surface area contributed by atoms with Crippen LogP contribution in [0.25, 0.3) is 10.3 Å². The van der Waals surface area contributed by atoms with Crippen molar-refractivity contribution in [2.45, 2.75) is 0 Å². The molecule has 0 aliphatic heterocycles. The van der Waals surface area contributed by atoms with Crippen molar-refractivity contribution in [3.63, 3.8) is 0 Å². The summed E-state index contributed by atoms with van der Waals surface area (Å²) in [6, 6.07) is 0. The van der Waals surface area contributed by atoms with Crippen LogP contribution in [0.4, 0.5) is 0 Å². The molecule has 2 aromatic rings. The van der Waals surface area contributed by atoms with E-state index in [4.69, 9.17) is 0 Å². The van der Waals surface area contributed by atoms with Gasteiger partial charge in [0.1, 0.15) is 10.4 Å². The molecule has 6 nitrogen and oxygen atoms in total. The zero-order valence-electron chi connectivity index (χ0n) is 8.57. The fourth-order valence-corrected chi connectivity index (χ4v) is 1.84. The molecule has 1 N–H and O–H groups in total. The first kappa shape index (κ1) is 13.2. The van der Waals surface area contributed by atoms with Gasteiger partial charge in [0, 0.05) is 0 Å². The molecule has 16 heavy (non-hydrogen) atoms. The number of nitrogens with one attached hydrogen (secondary N) is 1. The molecule has 78 valence electrons. The van der Waals surface area contributed by atoms with Gasteiger partial charge in [-0.25, -0.2) is 9.78 Å². The molecule has 2 aromatic heterocycles. The third-order valence-electron chi connectivity index (χ3n) is 1.85. The van der Waals surface area contributed by atoms with Crippen LogP contribution in [0, 0.1) is 0 Å². The van der Waals surface area contributed by atoms with Crippen LogP contribution in [0.3, 0.4) is 0 Å². The SMILES string of the molecule is COC(=O)c1c([O-])c2ncsc2[nH]c1=O.[Na+]. The van der Waals surface area contributed by atoms with Crippen LogP contribution < -0.4 is 40.2 Å². The summed E-state index contributed by atoms with van der Waals surface area (Å²) in [5, 5.41) is 11.6. The molecule has 0 amide bonds. The number of hydrogen-bond donors (Lipinski definition) is 1. The van der Waals surface area contributed by atoms with Crippen molar-refractivity contribution in [1.29, 1.82) is 0 Å². The molecule has 0 aromatic carbocycles. The largest absolute Gasteiger partial charge is 1.00 e. The Morgan fingerprint density at radius 1 is 1.62 bits per heavy atom. The van der Waals surface area contributed by atoms with Crippen molar-refractivity contribution < 1.29 is 44.2 Å². The van der Waals surface area contributed by atoms with E-state index in [9.17, 15) is 14.7 Å². The normalized spacial score (nSPS) is 9.81. The number of H-pyrrole nitrogens is 1. The Bertz CT molecular complexity index is 591. The van der Waals surface area contributed by atoms with Gasteiger partial charge in [0.05, 0.1) is 18.1 Å². The Balaban J connectivity index is 0.00000128. The number of thiazole rings is 1. The number of rotatable bonds is 1. The number of nitrogens with zero attached hydrogens (tertiary/aromatic N) is 1. The Morgan fingerprint density at radius 3 is 2.94 bits per heavy atom. The maximum Gasteiger partial charge on any atom is 1.00 e. The van der Waals surface area contributed by atoms with Crippen molar-refractivity contribution in [3.05, 3.63) is 21.4 Å². The van der Waals surface area contributed by atoms with Gasteiger partial charge in [-0.05, 0) is 0 Å². The quantitative estimate of drug-likeness (QED) is 0.425. The minimum atomic E-state index is -0.948. The third kappa shape index (κ3) is 1.99. The summed E-state index contributed by atoms with van der Waals surface area (Å²) in [6.07, 6.45) is 0. The van der Waals surface area contributed by atoms with Crippen molar-refractivity contribution >= 4 is 27.7 Å². The monoisotopic (exact) mass is 248 g/mol. The third-order valence-corrected chi connectivity index (χ3v) is 2.60. The first-order valence-electron chi connectivity index (χ1n) is 3.90. The number of fused-ring (bicyclic) bond motifs is 1. The minimum Gasteiger partial charge on any atom is -0.870 e. The Kier molecular flexibility index (Phi) is 4.09. The zero-order chi connectivity index (χ0) is 11.0. The van der Waals surface area contributed by atoms with E-state index in [1.807, 2.05) is 0 Å². The molecule has 0 aliphatic carbocycles. The molecule has 0 saturated carbocycles. The number of pyridine rings is 1. The maximum atomic E-state index is 11.6. The number of ether oxygens (including phenoxy) is 1. The van der Waals surface area contributed by atoms with Crippen molar-refractivity contribution in [2.75, 3.05) is 7.11 Å². The Hall–Kier alpha value is -0.890. The molecular weight excluding hydrogens is 243 g/mol. The molecule has 0 saturated heterocycles.